The number of aromatic nitrogens is 1. The Kier molecular flexibility index (Phi) is 5.54. The number of hydrogen-bond acceptors (Lipinski definition) is 3. The van der Waals surface area contributed by atoms with Crippen molar-refractivity contribution in [3.8, 4) is 0 Å². The van der Waals surface area contributed by atoms with Gasteiger partial charge in [0.1, 0.15) is 0 Å². The molecule has 0 radical (unpaired) electrons. The number of aromatic carboxylic acids is 1. The summed E-state index contributed by atoms with van der Waals surface area (Å²) in [6, 6.07) is 11.1. The molecule has 0 aliphatic rings. The maximum Gasteiger partial charge on any atom is 0.335 e. The fourth-order valence-electron chi connectivity index (χ4n) is 2.10. The summed E-state index contributed by atoms with van der Waals surface area (Å²) in [5.74, 6) is -0.898. The first kappa shape index (κ1) is 15.3. The van der Waals surface area contributed by atoms with Crippen LogP contribution in [0.4, 0.5) is 0 Å². The monoisotopic (exact) mass is 288 g/mol. The number of nitrogens with one attached hydrogen (secondary N) is 1. The number of carboxylic acid groups (broad SMARTS) is 1. The third-order valence-electron chi connectivity index (χ3n) is 3.27. The van der Waals surface area contributed by atoms with Crippen LogP contribution < -0.4 is 5.32 Å². The van der Waals surface area contributed by atoms with E-state index in [4.69, 9.17) is 9.84 Å². The van der Waals surface area contributed by atoms with Gasteiger partial charge in [0.2, 0.25) is 0 Å². The maximum atomic E-state index is 10.8. The molecule has 0 atom stereocenters. The van der Waals surface area contributed by atoms with E-state index in [9.17, 15) is 4.79 Å². The summed E-state index contributed by atoms with van der Waals surface area (Å²) >= 11 is 0. The Balaban J connectivity index is 1.96. The number of hydrogen-bond donors (Lipinski definition) is 2. The molecule has 0 fully saturated rings. The van der Waals surface area contributed by atoms with Crippen molar-refractivity contribution in [2.24, 2.45) is 0 Å². The molecule has 1 aromatic heterocycles. The number of carbonyl (C=O) groups is 1. The van der Waals surface area contributed by atoms with Gasteiger partial charge in [0, 0.05) is 38.6 Å². The van der Waals surface area contributed by atoms with E-state index in [1.165, 1.54) is 5.69 Å². The van der Waals surface area contributed by atoms with Crippen LogP contribution in [0.1, 0.15) is 21.6 Å². The van der Waals surface area contributed by atoms with E-state index in [0.29, 0.717) is 12.2 Å². The molecule has 21 heavy (non-hydrogen) atoms. The Morgan fingerprint density at radius 2 is 2.05 bits per heavy atom. The van der Waals surface area contributed by atoms with Crippen LogP contribution in [-0.4, -0.2) is 35.9 Å². The molecule has 2 rings (SSSR count). The van der Waals surface area contributed by atoms with Crippen molar-refractivity contribution < 1.29 is 14.6 Å². The van der Waals surface area contributed by atoms with Crippen LogP contribution in [0, 0.1) is 0 Å². The SMILES string of the molecule is COCCNCc1cccn1Cc1ccc(C(=O)O)cc1. The van der Waals surface area contributed by atoms with Crippen molar-refractivity contribution in [1.82, 2.24) is 9.88 Å². The molecular weight excluding hydrogens is 268 g/mol. The fourth-order valence-corrected chi connectivity index (χ4v) is 2.10. The van der Waals surface area contributed by atoms with E-state index in [2.05, 4.69) is 16.0 Å². The Morgan fingerprint density at radius 1 is 1.29 bits per heavy atom. The Hall–Kier alpha value is -2.11. The van der Waals surface area contributed by atoms with E-state index >= 15 is 0 Å². The smallest absolute Gasteiger partial charge is 0.335 e. The van der Waals surface area contributed by atoms with E-state index in [0.717, 1.165) is 25.2 Å². The predicted molar refractivity (Wildman–Crippen MR) is 80.5 cm³/mol. The van der Waals surface area contributed by atoms with Gasteiger partial charge < -0.3 is 19.7 Å². The standard InChI is InChI=1S/C16H20N2O3/c1-21-10-8-17-11-15-3-2-9-18(15)12-13-4-6-14(7-5-13)16(19)20/h2-7,9,17H,8,10-12H2,1H3,(H,19,20). The highest BCUT2D eigenvalue weighted by Gasteiger charge is 2.04. The van der Waals surface area contributed by atoms with E-state index < -0.39 is 5.97 Å². The highest BCUT2D eigenvalue weighted by Crippen LogP contribution is 2.10. The van der Waals surface area contributed by atoms with Gasteiger partial charge in [-0.25, -0.2) is 4.79 Å². The van der Waals surface area contributed by atoms with E-state index in [1.807, 2.05) is 24.4 Å². The van der Waals surface area contributed by atoms with Crippen LogP contribution in [0.3, 0.4) is 0 Å². The molecule has 2 N–H and O–H groups in total. The van der Waals surface area contributed by atoms with E-state index in [-0.39, 0.29) is 0 Å². The lowest BCUT2D eigenvalue weighted by Gasteiger charge is -2.10. The summed E-state index contributed by atoms with van der Waals surface area (Å²) in [5, 5.41) is 12.2. The molecule has 0 amide bonds. The first-order valence-corrected chi connectivity index (χ1v) is 6.86. The van der Waals surface area contributed by atoms with Crippen molar-refractivity contribution in [3.63, 3.8) is 0 Å². The van der Waals surface area contributed by atoms with Gasteiger partial charge in [-0.1, -0.05) is 12.1 Å². The molecule has 5 heteroatoms. The molecule has 5 nitrogen and oxygen atoms in total. The third kappa shape index (κ3) is 4.44. The summed E-state index contributed by atoms with van der Waals surface area (Å²) < 4.78 is 7.15. The van der Waals surface area contributed by atoms with Gasteiger partial charge in [0.25, 0.3) is 0 Å². The molecule has 0 aliphatic carbocycles. The molecule has 1 aromatic carbocycles. The summed E-state index contributed by atoms with van der Waals surface area (Å²) in [6.07, 6.45) is 2.03. The second kappa shape index (κ2) is 7.61. The minimum Gasteiger partial charge on any atom is -0.478 e. The zero-order chi connectivity index (χ0) is 15.1. The first-order valence-electron chi connectivity index (χ1n) is 6.86. The van der Waals surface area contributed by atoms with Crippen molar-refractivity contribution in [3.05, 3.63) is 59.4 Å². The molecule has 112 valence electrons. The summed E-state index contributed by atoms with van der Waals surface area (Å²) in [7, 11) is 1.69. The Labute approximate surface area is 124 Å². The summed E-state index contributed by atoms with van der Waals surface area (Å²) in [4.78, 5) is 10.8. The predicted octanol–water partition coefficient (Wildman–Crippen LogP) is 1.97. The van der Waals surface area contributed by atoms with Crippen LogP contribution in [0.25, 0.3) is 0 Å². The van der Waals surface area contributed by atoms with Gasteiger partial charge in [0.15, 0.2) is 0 Å². The van der Waals surface area contributed by atoms with Crippen molar-refractivity contribution >= 4 is 5.97 Å². The second-order valence-corrected chi connectivity index (χ2v) is 4.80. The van der Waals surface area contributed by atoms with Crippen molar-refractivity contribution in [2.45, 2.75) is 13.1 Å². The van der Waals surface area contributed by atoms with E-state index in [1.54, 1.807) is 19.2 Å². The molecule has 1 heterocycles. The molecule has 0 saturated carbocycles. The average molecular weight is 288 g/mol. The largest absolute Gasteiger partial charge is 0.478 e. The number of benzene rings is 1. The topological polar surface area (TPSA) is 63.5 Å². The minimum atomic E-state index is -0.898. The van der Waals surface area contributed by atoms with Crippen molar-refractivity contribution in [2.75, 3.05) is 20.3 Å². The van der Waals surface area contributed by atoms with Gasteiger partial charge >= 0.3 is 5.97 Å². The van der Waals surface area contributed by atoms with Gasteiger partial charge in [-0.05, 0) is 29.8 Å². The molecule has 2 aromatic rings. The van der Waals surface area contributed by atoms with Crippen LogP contribution in [0.5, 0.6) is 0 Å². The highest BCUT2D eigenvalue weighted by atomic mass is 16.5. The number of methoxy groups -OCH3 is 1. The average Bonchev–Trinajstić information content (AvgIpc) is 2.91. The second-order valence-electron chi connectivity index (χ2n) is 4.80. The minimum absolute atomic E-state index is 0.313. The third-order valence-corrected chi connectivity index (χ3v) is 3.27. The fraction of sp³-hybridized carbons (Fsp3) is 0.312. The van der Waals surface area contributed by atoms with Gasteiger partial charge in [-0.15, -0.1) is 0 Å². The Morgan fingerprint density at radius 3 is 2.71 bits per heavy atom. The number of ether oxygens (including phenoxy) is 1. The van der Waals surface area contributed by atoms with Crippen LogP contribution in [0.2, 0.25) is 0 Å². The van der Waals surface area contributed by atoms with Gasteiger partial charge in [-0.3, -0.25) is 0 Å². The van der Waals surface area contributed by atoms with Gasteiger partial charge in [-0.2, -0.15) is 0 Å². The number of rotatable bonds is 8. The first-order chi connectivity index (χ1) is 10.2. The molecule has 0 saturated heterocycles. The summed E-state index contributed by atoms with van der Waals surface area (Å²) in [5.41, 5.74) is 2.58. The van der Waals surface area contributed by atoms with Crippen molar-refractivity contribution in [1.29, 1.82) is 0 Å². The molecule has 0 bridgehead atoms. The lowest BCUT2D eigenvalue weighted by Crippen LogP contribution is -2.20. The van der Waals surface area contributed by atoms with Gasteiger partial charge in [0.05, 0.1) is 12.2 Å². The van der Waals surface area contributed by atoms with Crippen LogP contribution in [0.15, 0.2) is 42.6 Å². The van der Waals surface area contributed by atoms with Crippen LogP contribution in [-0.2, 0) is 17.8 Å². The number of carboxylic acids is 1. The number of nitrogens with zero attached hydrogens (tertiary/aromatic N) is 1. The zero-order valence-electron chi connectivity index (χ0n) is 12.1. The van der Waals surface area contributed by atoms with Crippen LogP contribution >= 0.6 is 0 Å². The normalized spacial score (nSPS) is 10.7. The lowest BCUT2D eigenvalue weighted by atomic mass is 10.1. The Bertz CT molecular complexity index is 575. The highest BCUT2D eigenvalue weighted by molar-refractivity contribution is 5.87. The molecular formula is C16H20N2O3. The lowest BCUT2D eigenvalue weighted by molar-refractivity contribution is 0.0697. The molecule has 0 unspecified atom stereocenters. The molecule has 0 spiro atoms. The molecule has 0 aliphatic heterocycles. The zero-order valence-corrected chi connectivity index (χ0v) is 12.1. The summed E-state index contributed by atoms with van der Waals surface area (Å²) in [6.45, 7) is 3.02. The maximum absolute atomic E-state index is 10.8. The quantitative estimate of drug-likeness (QED) is 0.729.